The summed E-state index contributed by atoms with van der Waals surface area (Å²) in [6.45, 7) is 12.0. The summed E-state index contributed by atoms with van der Waals surface area (Å²) in [6.07, 6.45) is -6.70. The lowest BCUT2D eigenvalue weighted by Crippen LogP contribution is -2.68. The largest absolute Gasteiger partial charge is 0.445 e. The molecule has 11 N–H and O–H groups in total. The maximum Gasteiger partial charge on any atom is 0.412 e. The van der Waals surface area contributed by atoms with Crippen molar-refractivity contribution in [3.8, 4) is 0 Å². The number of hydrogen-bond acceptors (Lipinski definition) is 13. The molecule has 3 fully saturated rings. The van der Waals surface area contributed by atoms with E-state index in [0.717, 1.165) is 0 Å². The molecule has 1 saturated carbocycles. The van der Waals surface area contributed by atoms with Crippen molar-refractivity contribution in [3.63, 3.8) is 0 Å². The van der Waals surface area contributed by atoms with Crippen molar-refractivity contribution in [1.29, 1.82) is 0 Å². The molecule has 2 aromatic rings. The Morgan fingerprint density at radius 2 is 1.26 bits per heavy atom. The van der Waals surface area contributed by atoms with Gasteiger partial charge in [-0.25, -0.2) is 9.59 Å². The standard InChI is InChI=1S/C42H65N7O9/c1-7-31-23(3)33(46)25(5)39(53-31)56-36-30(49-38(50)22(2)18-19-43)20-29(45)35(37(36)58-42(52)48-28-16-12-9-13-17-28)55-40-26(6)34(24(4)32(21-44)54-40)57-41(51)47-27-14-10-8-11-15-27/h8-17,22-26,29-37,39-40H,7,18-21,43-46H2,1-6H3,(H,47,51)(H,48,52)(H,49,50)/t22?,23-,24-,25?,26?,29+,30-,31?,32?,33+,34?,35?,36+,37?,39-,40-/m1/s1. The monoisotopic (exact) mass is 811 g/mol. The van der Waals surface area contributed by atoms with Crippen LogP contribution in [0.4, 0.5) is 21.0 Å². The number of ether oxygens (including phenoxy) is 6. The molecule has 322 valence electrons. The zero-order valence-electron chi connectivity index (χ0n) is 34.5. The third-order valence-corrected chi connectivity index (χ3v) is 12.0. The van der Waals surface area contributed by atoms with Crippen LogP contribution < -0.4 is 38.9 Å². The number of para-hydroxylation sites is 2. The van der Waals surface area contributed by atoms with Gasteiger partial charge in [-0.3, -0.25) is 15.4 Å². The van der Waals surface area contributed by atoms with Gasteiger partial charge in [-0.2, -0.15) is 0 Å². The Morgan fingerprint density at radius 1 is 0.724 bits per heavy atom. The quantitative estimate of drug-likeness (QED) is 0.143. The summed E-state index contributed by atoms with van der Waals surface area (Å²) in [6, 6.07) is 16.0. The molecule has 0 radical (unpaired) electrons. The molecule has 0 aromatic heterocycles. The lowest BCUT2D eigenvalue weighted by molar-refractivity contribution is -0.309. The Balaban J connectivity index is 1.49. The zero-order valence-corrected chi connectivity index (χ0v) is 34.5. The van der Waals surface area contributed by atoms with Crippen LogP contribution in [0, 0.1) is 29.6 Å². The second-order valence-corrected chi connectivity index (χ2v) is 16.2. The van der Waals surface area contributed by atoms with E-state index in [1.807, 2.05) is 39.8 Å². The molecule has 16 nitrogen and oxygen atoms in total. The van der Waals surface area contributed by atoms with Gasteiger partial charge < -0.3 is 56.7 Å². The molecule has 16 heteroatoms. The van der Waals surface area contributed by atoms with Gasteiger partial charge in [0.1, 0.15) is 18.3 Å². The summed E-state index contributed by atoms with van der Waals surface area (Å²) in [5.41, 5.74) is 26.8. The first-order valence-corrected chi connectivity index (χ1v) is 20.6. The molecule has 2 aliphatic heterocycles. The third-order valence-electron chi connectivity index (χ3n) is 12.0. The molecule has 0 spiro atoms. The molecule has 2 heterocycles. The van der Waals surface area contributed by atoms with E-state index in [4.69, 9.17) is 51.4 Å². The fraction of sp³-hybridized carbons (Fsp3) is 0.643. The molecular formula is C42H65N7O9. The number of hydrogen-bond donors (Lipinski definition) is 7. The van der Waals surface area contributed by atoms with Gasteiger partial charge in [0.25, 0.3) is 0 Å². The number of benzene rings is 2. The van der Waals surface area contributed by atoms with Crippen LogP contribution in [0.15, 0.2) is 60.7 Å². The highest BCUT2D eigenvalue weighted by Gasteiger charge is 2.54. The first-order chi connectivity index (χ1) is 27.8. The average Bonchev–Trinajstić information content (AvgIpc) is 3.20. The third kappa shape index (κ3) is 11.0. The van der Waals surface area contributed by atoms with Crippen LogP contribution in [0.25, 0.3) is 0 Å². The van der Waals surface area contributed by atoms with E-state index in [-0.39, 0.29) is 48.8 Å². The molecule has 2 aromatic carbocycles. The smallest absolute Gasteiger partial charge is 0.412 e. The van der Waals surface area contributed by atoms with E-state index >= 15 is 0 Å². The van der Waals surface area contributed by atoms with E-state index in [2.05, 4.69) is 22.9 Å². The van der Waals surface area contributed by atoms with Gasteiger partial charge in [-0.1, -0.05) is 77.9 Å². The molecule has 3 aliphatic rings. The Morgan fingerprint density at radius 3 is 1.81 bits per heavy atom. The molecule has 16 atom stereocenters. The first kappa shape index (κ1) is 45.2. The Bertz CT molecular complexity index is 1610. The van der Waals surface area contributed by atoms with Crippen LogP contribution in [0.1, 0.15) is 60.8 Å². The normalized spacial score (nSPS) is 35.6. The van der Waals surface area contributed by atoms with Crippen molar-refractivity contribution in [2.75, 3.05) is 23.7 Å². The van der Waals surface area contributed by atoms with Gasteiger partial charge in [-0.15, -0.1) is 0 Å². The van der Waals surface area contributed by atoms with Gasteiger partial charge in [0, 0.05) is 53.7 Å². The van der Waals surface area contributed by atoms with Crippen LogP contribution in [0.2, 0.25) is 0 Å². The lowest BCUT2D eigenvalue weighted by atomic mass is 9.81. The highest BCUT2D eigenvalue weighted by atomic mass is 16.7. The highest BCUT2D eigenvalue weighted by molar-refractivity contribution is 5.85. The fourth-order valence-electron chi connectivity index (χ4n) is 8.31. The topological polar surface area (TPSA) is 247 Å². The number of nitrogens with one attached hydrogen (secondary N) is 3. The minimum atomic E-state index is -1.22. The second kappa shape index (κ2) is 20.9. The number of rotatable bonds is 14. The molecule has 0 bridgehead atoms. The molecule has 8 unspecified atom stereocenters. The van der Waals surface area contributed by atoms with Gasteiger partial charge in [0.15, 0.2) is 18.7 Å². The van der Waals surface area contributed by atoms with E-state index < -0.39 is 79.2 Å². The number of anilines is 2. The van der Waals surface area contributed by atoms with Crippen LogP contribution in [0.3, 0.4) is 0 Å². The Kier molecular flexibility index (Phi) is 16.3. The molecule has 5 rings (SSSR count). The molecule has 58 heavy (non-hydrogen) atoms. The van der Waals surface area contributed by atoms with E-state index in [1.54, 1.807) is 55.5 Å². The summed E-state index contributed by atoms with van der Waals surface area (Å²) in [4.78, 5) is 40.6. The summed E-state index contributed by atoms with van der Waals surface area (Å²) in [5.74, 6) is -1.73. The Hall–Kier alpha value is -3.87. The van der Waals surface area contributed by atoms with E-state index in [0.29, 0.717) is 30.8 Å². The van der Waals surface area contributed by atoms with Gasteiger partial charge in [0.05, 0.1) is 18.2 Å². The molecule has 2 saturated heterocycles. The summed E-state index contributed by atoms with van der Waals surface area (Å²) in [7, 11) is 0. The van der Waals surface area contributed by atoms with Crippen molar-refractivity contribution in [2.45, 2.75) is 128 Å². The number of carbonyl (C=O) groups is 3. The van der Waals surface area contributed by atoms with Crippen molar-refractivity contribution in [3.05, 3.63) is 60.7 Å². The average molecular weight is 812 g/mol. The van der Waals surface area contributed by atoms with Crippen LogP contribution in [-0.4, -0.2) is 98.5 Å². The molecular weight excluding hydrogens is 747 g/mol. The van der Waals surface area contributed by atoms with Crippen LogP contribution >= 0.6 is 0 Å². The predicted octanol–water partition coefficient (Wildman–Crippen LogP) is 3.88. The highest BCUT2D eigenvalue weighted by Crippen LogP contribution is 2.39. The molecule has 3 amide bonds. The van der Waals surface area contributed by atoms with Crippen molar-refractivity contribution < 1.29 is 42.8 Å². The second-order valence-electron chi connectivity index (χ2n) is 16.2. The van der Waals surface area contributed by atoms with Crippen molar-refractivity contribution in [2.24, 2.45) is 52.5 Å². The first-order valence-electron chi connectivity index (χ1n) is 20.6. The summed E-state index contributed by atoms with van der Waals surface area (Å²) < 4.78 is 39.0. The van der Waals surface area contributed by atoms with E-state index in [1.165, 1.54) is 0 Å². The van der Waals surface area contributed by atoms with Crippen molar-refractivity contribution in [1.82, 2.24) is 5.32 Å². The molecule has 1 aliphatic carbocycles. The minimum Gasteiger partial charge on any atom is -0.445 e. The number of carbonyl (C=O) groups excluding carboxylic acids is 3. The van der Waals surface area contributed by atoms with Gasteiger partial charge in [-0.05, 0) is 56.0 Å². The van der Waals surface area contributed by atoms with Gasteiger partial charge in [0.2, 0.25) is 5.91 Å². The van der Waals surface area contributed by atoms with E-state index in [9.17, 15) is 14.4 Å². The van der Waals surface area contributed by atoms with Crippen molar-refractivity contribution >= 4 is 29.5 Å². The Labute approximate surface area is 342 Å². The lowest BCUT2D eigenvalue weighted by Gasteiger charge is -2.50. The summed E-state index contributed by atoms with van der Waals surface area (Å²) >= 11 is 0. The summed E-state index contributed by atoms with van der Waals surface area (Å²) in [5, 5.41) is 8.68. The number of nitrogens with two attached hydrogens (primary N) is 4. The maximum atomic E-state index is 13.8. The maximum absolute atomic E-state index is 13.8. The predicted molar refractivity (Wildman–Crippen MR) is 219 cm³/mol. The fourth-order valence-corrected chi connectivity index (χ4v) is 8.31. The minimum absolute atomic E-state index is 0.0554. The zero-order chi connectivity index (χ0) is 42.1. The SMILES string of the molecule is CCC1O[C@H](O[C@@H]2C(OC(=O)Nc3ccccc3)C(O[C@H]3OC(CN)[C@@H](C)C(OC(=O)Nc4ccccc4)C3C)[C@@H](N)C[C@H]2NC(=O)C(C)CCN)C(C)[C@@H](N)[C@@H]1C. The number of amides is 3. The van der Waals surface area contributed by atoms with Crippen LogP contribution in [0.5, 0.6) is 0 Å². The van der Waals surface area contributed by atoms with Gasteiger partial charge >= 0.3 is 12.2 Å². The van der Waals surface area contributed by atoms with Crippen LogP contribution in [-0.2, 0) is 33.2 Å².